The zero-order valence-corrected chi connectivity index (χ0v) is 20.2. The third-order valence-electron chi connectivity index (χ3n) is 5.36. The molecule has 0 aliphatic carbocycles. The molecule has 0 aliphatic heterocycles. The van der Waals surface area contributed by atoms with Gasteiger partial charge >= 0.3 is 0 Å². The third-order valence-corrected chi connectivity index (χ3v) is 8.03. The van der Waals surface area contributed by atoms with E-state index in [1.54, 1.807) is 7.11 Å². The van der Waals surface area contributed by atoms with Crippen molar-refractivity contribution in [3.05, 3.63) is 84.4 Å². The lowest BCUT2D eigenvalue weighted by molar-refractivity contribution is 0.307. The van der Waals surface area contributed by atoms with E-state index >= 15 is 0 Å². The van der Waals surface area contributed by atoms with Crippen LogP contribution in [0.5, 0.6) is 5.75 Å². The van der Waals surface area contributed by atoms with E-state index in [4.69, 9.17) is 9.26 Å². The van der Waals surface area contributed by atoms with Gasteiger partial charge in [-0.2, -0.15) is 0 Å². The molecule has 0 aliphatic rings. The van der Waals surface area contributed by atoms with E-state index in [2.05, 4.69) is 12.2 Å². The number of anilines is 2. The zero-order valence-electron chi connectivity index (χ0n) is 19.3. The Balaban J connectivity index is 2.14. The van der Waals surface area contributed by atoms with E-state index in [1.807, 2.05) is 97.9 Å². The smallest absolute Gasteiger partial charge is 0.258 e. The van der Waals surface area contributed by atoms with Crippen molar-refractivity contribution in [2.45, 2.75) is 25.5 Å². The quantitative estimate of drug-likeness (QED) is 0.274. The molecule has 1 N–H and O–H groups in total. The van der Waals surface area contributed by atoms with Gasteiger partial charge in [0.1, 0.15) is 11.5 Å². The number of methoxy groups -OCH3 is 1. The summed E-state index contributed by atoms with van der Waals surface area (Å²) in [5.41, 5.74) is 2.71. The van der Waals surface area contributed by atoms with Gasteiger partial charge in [-0.15, -0.1) is 0 Å². The second kappa shape index (κ2) is 11.2. The standard InChI is InChI=1S/C26H33N2O3P/c1-5-6-20-31-32(29,23-18-16-22(17-19-23)28(2)3)26(27-21-12-8-7-9-13-21)24-14-10-11-15-25(24)30-4/h7-19,26-27H,5-6,20H2,1-4H3/t26-,32+/m0/s1. The number of nitrogens with one attached hydrogen (secondary N) is 1. The van der Waals surface area contributed by atoms with Crippen molar-refractivity contribution in [3.63, 3.8) is 0 Å². The Bertz CT molecular complexity index is 1020. The molecule has 6 heteroatoms. The zero-order chi connectivity index (χ0) is 23.0. The highest BCUT2D eigenvalue weighted by Gasteiger charge is 2.39. The van der Waals surface area contributed by atoms with Gasteiger partial charge in [-0.1, -0.05) is 49.7 Å². The van der Waals surface area contributed by atoms with E-state index in [0.29, 0.717) is 17.7 Å². The van der Waals surface area contributed by atoms with Crippen molar-refractivity contribution < 1.29 is 13.8 Å². The molecule has 3 aromatic carbocycles. The maximum atomic E-state index is 14.8. The van der Waals surface area contributed by atoms with Gasteiger partial charge in [-0.3, -0.25) is 4.57 Å². The summed E-state index contributed by atoms with van der Waals surface area (Å²) in [5, 5.41) is 4.17. The van der Waals surface area contributed by atoms with Crippen molar-refractivity contribution >= 4 is 24.0 Å². The summed E-state index contributed by atoms with van der Waals surface area (Å²) >= 11 is 0. The molecular weight excluding hydrogens is 419 g/mol. The minimum atomic E-state index is -3.40. The van der Waals surface area contributed by atoms with Crippen molar-refractivity contribution in [1.82, 2.24) is 0 Å². The molecule has 0 spiro atoms. The predicted molar refractivity (Wildman–Crippen MR) is 135 cm³/mol. The van der Waals surface area contributed by atoms with Gasteiger partial charge in [0, 0.05) is 36.3 Å². The lowest BCUT2D eigenvalue weighted by Crippen LogP contribution is -2.22. The number of hydrogen-bond acceptors (Lipinski definition) is 5. The van der Waals surface area contributed by atoms with Crippen LogP contribution in [0.25, 0.3) is 0 Å². The fourth-order valence-electron chi connectivity index (χ4n) is 3.53. The van der Waals surface area contributed by atoms with Gasteiger partial charge in [0.05, 0.1) is 13.7 Å². The Labute approximate surface area is 191 Å². The Morgan fingerprint density at radius 1 is 0.938 bits per heavy atom. The molecule has 3 aromatic rings. The maximum Gasteiger partial charge on any atom is 0.258 e. The lowest BCUT2D eigenvalue weighted by atomic mass is 10.2. The highest BCUT2D eigenvalue weighted by Crippen LogP contribution is 2.60. The molecule has 0 radical (unpaired) electrons. The Morgan fingerprint density at radius 3 is 2.22 bits per heavy atom. The van der Waals surface area contributed by atoms with Crippen LogP contribution in [0.1, 0.15) is 31.1 Å². The minimum absolute atomic E-state index is 0.422. The van der Waals surface area contributed by atoms with Gasteiger partial charge in [0.15, 0.2) is 0 Å². The molecule has 0 amide bonds. The topological polar surface area (TPSA) is 50.8 Å². The molecule has 0 saturated heterocycles. The molecule has 0 aromatic heterocycles. The Hall–Kier alpha value is -2.75. The molecular formula is C26H33N2O3P. The van der Waals surface area contributed by atoms with Crippen LogP contribution >= 0.6 is 7.37 Å². The molecule has 2 atom stereocenters. The van der Waals surface area contributed by atoms with Crippen LogP contribution in [-0.4, -0.2) is 27.8 Å². The first-order chi connectivity index (χ1) is 15.5. The number of nitrogens with zero attached hydrogens (tertiary/aromatic N) is 1. The first-order valence-electron chi connectivity index (χ1n) is 11.0. The molecule has 0 unspecified atom stereocenters. The average molecular weight is 453 g/mol. The molecule has 5 nitrogen and oxygen atoms in total. The molecule has 170 valence electrons. The maximum absolute atomic E-state index is 14.8. The summed E-state index contributed by atoms with van der Waals surface area (Å²) in [5.74, 6) is 0.0632. The first kappa shape index (κ1) is 23.9. The average Bonchev–Trinajstić information content (AvgIpc) is 2.83. The fraction of sp³-hybridized carbons (Fsp3) is 0.308. The van der Waals surface area contributed by atoms with Crippen LogP contribution in [0.4, 0.5) is 11.4 Å². The lowest BCUT2D eigenvalue weighted by Gasteiger charge is -2.31. The van der Waals surface area contributed by atoms with Crippen molar-refractivity contribution in [1.29, 1.82) is 0 Å². The van der Waals surface area contributed by atoms with Gasteiger partial charge in [-0.25, -0.2) is 0 Å². The van der Waals surface area contributed by atoms with Gasteiger partial charge < -0.3 is 19.5 Å². The highest BCUT2D eigenvalue weighted by atomic mass is 31.2. The fourth-order valence-corrected chi connectivity index (χ4v) is 5.99. The third kappa shape index (κ3) is 5.53. The number of unbranched alkanes of at least 4 members (excludes halogenated alkanes) is 1. The molecule has 0 heterocycles. The number of ether oxygens (including phenoxy) is 1. The summed E-state index contributed by atoms with van der Waals surface area (Å²) in [6, 6.07) is 25.3. The van der Waals surface area contributed by atoms with Crippen LogP contribution in [0.3, 0.4) is 0 Å². The number of para-hydroxylation sites is 2. The second-order valence-electron chi connectivity index (χ2n) is 7.85. The highest BCUT2D eigenvalue weighted by molar-refractivity contribution is 7.67. The number of hydrogen-bond donors (Lipinski definition) is 1. The summed E-state index contributed by atoms with van der Waals surface area (Å²) < 4.78 is 26.7. The van der Waals surface area contributed by atoms with Gasteiger partial charge in [0.2, 0.25) is 0 Å². The van der Waals surface area contributed by atoms with E-state index in [1.165, 1.54) is 0 Å². The molecule has 0 bridgehead atoms. The minimum Gasteiger partial charge on any atom is -0.496 e. The van der Waals surface area contributed by atoms with Gasteiger partial charge in [-0.05, 0) is 48.9 Å². The summed E-state index contributed by atoms with van der Waals surface area (Å²) in [7, 11) is 2.21. The normalized spacial score (nSPS) is 13.8. The predicted octanol–water partition coefficient (Wildman–Crippen LogP) is 6.29. The van der Waals surface area contributed by atoms with E-state index < -0.39 is 13.2 Å². The van der Waals surface area contributed by atoms with Crippen LogP contribution in [0, 0.1) is 0 Å². The van der Waals surface area contributed by atoms with Crippen molar-refractivity contribution in [2.75, 3.05) is 38.0 Å². The van der Waals surface area contributed by atoms with Crippen molar-refractivity contribution in [3.8, 4) is 5.75 Å². The van der Waals surface area contributed by atoms with E-state index in [0.717, 1.165) is 29.8 Å². The molecule has 0 fully saturated rings. The Kier molecular flexibility index (Phi) is 8.38. The molecule has 0 saturated carbocycles. The molecule has 32 heavy (non-hydrogen) atoms. The number of rotatable bonds is 11. The van der Waals surface area contributed by atoms with Gasteiger partial charge in [0.25, 0.3) is 7.37 Å². The van der Waals surface area contributed by atoms with Crippen LogP contribution in [0.2, 0.25) is 0 Å². The Morgan fingerprint density at radius 2 is 1.59 bits per heavy atom. The SMILES string of the molecule is CCCCO[P@](=O)(c1ccc(N(C)C)cc1)[C@H](Nc1ccccc1)c1ccccc1OC. The van der Waals surface area contributed by atoms with Crippen LogP contribution in [-0.2, 0) is 9.09 Å². The summed E-state index contributed by atoms with van der Waals surface area (Å²) in [6.45, 7) is 2.52. The largest absolute Gasteiger partial charge is 0.496 e. The molecule has 3 rings (SSSR count). The number of benzene rings is 3. The van der Waals surface area contributed by atoms with E-state index in [9.17, 15) is 4.57 Å². The summed E-state index contributed by atoms with van der Waals surface area (Å²) in [4.78, 5) is 2.02. The second-order valence-corrected chi connectivity index (χ2v) is 10.3. The summed E-state index contributed by atoms with van der Waals surface area (Å²) in [6.07, 6.45) is 1.80. The van der Waals surface area contributed by atoms with Crippen LogP contribution in [0.15, 0.2) is 78.9 Å². The van der Waals surface area contributed by atoms with E-state index in [-0.39, 0.29) is 0 Å². The van der Waals surface area contributed by atoms with Crippen molar-refractivity contribution in [2.24, 2.45) is 0 Å². The monoisotopic (exact) mass is 452 g/mol. The first-order valence-corrected chi connectivity index (χ1v) is 12.7. The van der Waals surface area contributed by atoms with Crippen LogP contribution < -0.4 is 20.3 Å².